The molecule has 1 amide bonds. The highest BCUT2D eigenvalue weighted by Gasteiger charge is 2.35. The van der Waals surface area contributed by atoms with Crippen molar-refractivity contribution in [1.29, 1.82) is 0 Å². The van der Waals surface area contributed by atoms with E-state index in [1.54, 1.807) is 12.1 Å². The Morgan fingerprint density at radius 1 is 1.48 bits per heavy atom. The molecule has 1 saturated heterocycles. The number of halogens is 1. The van der Waals surface area contributed by atoms with Crippen molar-refractivity contribution in [2.45, 2.75) is 24.8 Å². The summed E-state index contributed by atoms with van der Waals surface area (Å²) in [5.74, 6) is -0.355. The molecule has 0 atom stereocenters. The van der Waals surface area contributed by atoms with Crippen molar-refractivity contribution >= 4 is 5.91 Å². The number of carbonyl (C=O) groups is 1. The minimum Gasteiger partial charge on any atom is -0.494 e. The molecule has 116 valence electrons. The van der Waals surface area contributed by atoms with Gasteiger partial charge in [-0.15, -0.1) is 0 Å². The largest absolute Gasteiger partial charge is 0.494 e. The van der Waals surface area contributed by atoms with Gasteiger partial charge in [0.2, 0.25) is 5.91 Å². The molecule has 1 aliphatic rings. The summed E-state index contributed by atoms with van der Waals surface area (Å²) in [6.07, 6.45) is 1.59. The van der Waals surface area contributed by atoms with E-state index in [2.05, 4.69) is 5.32 Å². The van der Waals surface area contributed by atoms with Crippen LogP contribution in [-0.4, -0.2) is 38.3 Å². The summed E-state index contributed by atoms with van der Waals surface area (Å²) in [5, 5.41) is 2.82. The number of nitrogens with two attached hydrogens (primary N) is 1. The Kier molecular flexibility index (Phi) is 5.14. The SMILES string of the molecule is COc1ccc(CCNC(=O)C2(N)CCOCC2)cc1F. The number of carbonyl (C=O) groups excluding carboxylic acids is 1. The molecule has 6 heteroatoms. The zero-order valence-corrected chi connectivity index (χ0v) is 12.2. The molecular formula is C15H21FN2O3. The Morgan fingerprint density at radius 3 is 2.81 bits per heavy atom. The maximum absolute atomic E-state index is 13.5. The number of hydrogen-bond donors (Lipinski definition) is 2. The van der Waals surface area contributed by atoms with Crippen LogP contribution >= 0.6 is 0 Å². The van der Waals surface area contributed by atoms with Crippen LogP contribution in [0.4, 0.5) is 4.39 Å². The lowest BCUT2D eigenvalue weighted by Gasteiger charge is -2.31. The Bertz CT molecular complexity index is 502. The van der Waals surface area contributed by atoms with Crippen molar-refractivity contribution in [2.75, 3.05) is 26.9 Å². The molecule has 1 aromatic rings. The number of benzene rings is 1. The summed E-state index contributed by atoms with van der Waals surface area (Å²) < 4.78 is 23.6. The number of amides is 1. The molecule has 5 nitrogen and oxygen atoms in total. The van der Waals surface area contributed by atoms with Crippen molar-refractivity contribution in [3.63, 3.8) is 0 Å². The van der Waals surface area contributed by atoms with Gasteiger partial charge in [-0.3, -0.25) is 4.79 Å². The molecule has 0 aliphatic carbocycles. The molecular weight excluding hydrogens is 275 g/mol. The second kappa shape index (κ2) is 6.87. The van der Waals surface area contributed by atoms with Gasteiger partial charge in [0.25, 0.3) is 0 Å². The zero-order chi connectivity index (χ0) is 15.3. The molecule has 0 aromatic heterocycles. The van der Waals surface area contributed by atoms with Crippen LogP contribution in [-0.2, 0) is 16.0 Å². The van der Waals surface area contributed by atoms with E-state index < -0.39 is 11.4 Å². The first-order valence-corrected chi connectivity index (χ1v) is 7.02. The number of hydrogen-bond acceptors (Lipinski definition) is 4. The van der Waals surface area contributed by atoms with Crippen LogP contribution in [0.5, 0.6) is 5.75 Å². The van der Waals surface area contributed by atoms with Crippen molar-refractivity contribution in [2.24, 2.45) is 5.73 Å². The fraction of sp³-hybridized carbons (Fsp3) is 0.533. The topological polar surface area (TPSA) is 73.6 Å². The molecule has 0 unspecified atom stereocenters. The number of nitrogens with one attached hydrogen (secondary N) is 1. The molecule has 1 fully saturated rings. The highest BCUT2D eigenvalue weighted by molar-refractivity contribution is 5.86. The van der Waals surface area contributed by atoms with E-state index in [9.17, 15) is 9.18 Å². The first-order chi connectivity index (χ1) is 10.0. The quantitative estimate of drug-likeness (QED) is 0.850. The Hall–Kier alpha value is -1.66. The van der Waals surface area contributed by atoms with Gasteiger partial charge < -0.3 is 20.5 Å². The van der Waals surface area contributed by atoms with Crippen LogP contribution in [0.2, 0.25) is 0 Å². The first-order valence-electron chi connectivity index (χ1n) is 7.02. The first kappa shape index (κ1) is 15.7. The molecule has 0 saturated carbocycles. The van der Waals surface area contributed by atoms with Crippen LogP contribution in [0.25, 0.3) is 0 Å². The molecule has 0 bridgehead atoms. The number of methoxy groups -OCH3 is 1. The summed E-state index contributed by atoms with van der Waals surface area (Å²) in [5.41, 5.74) is 6.03. The lowest BCUT2D eigenvalue weighted by Crippen LogP contribution is -2.57. The Balaban J connectivity index is 1.83. The number of rotatable bonds is 5. The molecule has 1 aromatic carbocycles. The molecule has 0 radical (unpaired) electrons. The summed E-state index contributed by atoms with van der Waals surface area (Å²) >= 11 is 0. The highest BCUT2D eigenvalue weighted by Crippen LogP contribution is 2.19. The minimum atomic E-state index is -0.844. The van der Waals surface area contributed by atoms with Gasteiger partial charge in [0.05, 0.1) is 12.6 Å². The minimum absolute atomic E-state index is 0.167. The molecule has 1 heterocycles. The van der Waals surface area contributed by atoms with Gasteiger partial charge in [0.15, 0.2) is 11.6 Å². The summed E-state index contributed by atoms with van der Waals surface area (Å²) in [7, 11) is 1.42. The fourth-order valence-corrected chi connectivity index (χ4v) is 2.32. The van der Waals surface area contributed by atoms with Crippen molar-refractivity contribution in [3.8, 4) is 5.75 Å². The van der Waals surface area contributed by atoms with E-state index in [4.69, 9.17) is 15.2 Å². The third-order valence-corrected chi connectivity index (χ3v) is 3.75. The molecule has 3 N–H and O–H groups in total. The smallest absolute Gasteiger partial charge is 0.240 e. The monoisotopic (exact) mass is 296 g/mol. The van der Waals surface area contributed by atoms with E-state index in [-0.39, 0.29) is 11.7 Å². The zero-order valence-electron chi connectivity index (χ0n) is 12.2. The van der Waals surface area contributed by atoms with Gasteiger partial charge in [-0.25, -0.2) is 4.39 Å². The van der Waals surface area contributed by atoms with Gasteiger partial charge in [-0.2, -0.15) is 0 Å². The van der Waals surface area contributed by atoms with E-state index in [0.717, 1.165) is 5.56 Å². The predicted octanol–water partition coefficient (Wildman–Crippen LogP) is 1.00. The average molecular weight is 296 g/mol. The summed E-state index contributed by atoms with van der Waals surface area (Å²) in [6, 6.07) is 4.77. The molecule has 0 spiro atoms. The predicted molar refractivity (Wildman–Crippen MR) is 76.6 cm³/mol. The standard InChI is InChI=1S/C15H21FN2O3/c1-20-13-3-2-11(10-12(13)16)4-7-18-14(19)15(17)5-8-21-9-6-15/h2-3,10H,4-9,17H2,1H3,(H,18,19). The van der Waals surface area contributed by atoms with Crippen LogP contribution < -0.4 is 15.8 Å². The van der Waals surface area contributed by atoms with Crippen molar-refractivity contribution in [3.05, 3.63) is 29.6 Å². The molecule has 21 heavy (non-hydrogen) atoms. The highest BCUT2D eigenvalue weighted by atomic mass is 19.1. The average Bonchev–Trinajstić information content (AvgIpc) is 2.48. The third-order valence-electron chi connectivity index (χ3n) is 3.75. The van der Waals surface area contributed by atoms with E-state index in [1.807, 2.05) is 0 Å². The lowest BCUT2D eigenvalue weighted by atomic mass is 9.90. The number of ether oxygens (including phenoxy) is 2. The van der Waals surface area contributed by atoms with Gasteiger partial charge in [0, 0.05) is 19.8 Å². The summed E-state index contributed by atoms with van der Waals surface area (Å²) in [6.45, 7) is 1.44. The van der Waals surface area contributed by atoms with Crippen LogP contribution in [0.15, 0.2) is 18.2 Å². The molecule has 2 rings (SSSR count). The third kappa shape index (κ3) is 3.92. The van der Waals surface area contributed by atoms with E-state index in [0.29, 0.717) is 39.0 Å². The van der Waals surface area contributed by atoms with Gasteiger partial charge in [0.1, 0.15) is 0 Å². The van der Waals surface area contributed by atoms with Crippen LogP contribution in [0.3, 0.4) is 0 Å². The normalized spacial score (nSPS) is 17.3. The second-order valence-corrected chi connectivity index (χ2v) is 5.24. The Labute approximate surface area is 123 Å². The maximum atomic E-state index is 13.5. The molecule has 1 aliphatic heterocycles. The van der Waals surface area contributed by atoms with Gasteiger partial charge in [-0.1, -0.05) is 6.07 Å². The summed E-state index contributed by atoms with van der Waals surface area (Å²) in [4.78, 5) is 12.1. The van der Waals surface area contributed by atoms with Gasteiger partial charge in [-0.05, 0) is 37.0 Å². The van der Waals surface area contributed by atoms with Crippen molar-refractivity contribution < 1.29 is 18.7 Å². The second-order valence-electron chi connectivity index (χ2n) is 5.24. The van der Waals surface area contributed by atoms with Gasteiger partial charge >= 0.3 is 0 Å². The lowest BCUT2D eigenvalue weighted by molar-refractivity contribution is -0.129. The van der Waals surface area contributed by atoms with Crippen LogP contribution in [0, 0.1) is 5.82 Å². The van der Waals surface area contributed by atoms with E-state index >= 15 is 0 Å². The Morgan fingerprint density at radius 2 is 2.19 bits per heavy atom. The van der Waals surface area contributed by atoms with Crippen LogP contribution in [0.1, 0.15) is 18.4 Å². The maximum Gasteiger partial charge on any atom is 0.240 e. The fourth-order valence-electron chi connectivity index (χ4n) is 2.32. The van der Waals surface area contributed by atoms with E-state index in [1.165, 1.54) is 13.2 Å². The van der Waals surface area contributed by atoms with Crippen molar-refractivity contribution in [1.82, 2.24) is 5.32 Å².